The van der Waals surface area contributed by atoms with E-state index < -0.39 is 0 Å². The molecule has 2 N–H and O–H groups in total. The van der Waals surface area contributed by atoms with Crippen molar-refractivity contribution in [1.82, 2.24) is 19.9 Å². The summed E-state index contributed by atoms with van der Waals surface area (Å²) in [5.41, 5.74) is 6.09. The molecule has 3 unspecified atom stereocenters. The largest absolute Gasteiger partial charge is 0.339 e. The zero-order valence-corrected chi connectivity index (χ0v) is 13.9. The van der Waals surface area contributed by atoms with E-state index in [1.807, 2.05) is 6.92 Å². The molecule has 0 amide bonds. The molecule has 6 nitrogen and oxygen atoms in total. The molecule has 0 bridgehead atoms. The SMILES string of the molecule is CC(C)C(c1nc(C2CN(C)CCCN2C)no1)C(C)N. The molecule has 21 heavy (non-hydrogen) atoms. The van der Waals surface area contributed by atoms with E-state index in [9.17, 15) is 0 Å². The molecule has 2 heterocycles. The van der Waals surface area contributed by atoms with Gasteiger partial charge in [0.25, 0.3) is 0 Å². The van der Waals surface area contributed by atoms with Crippen LogP contribution < -0.4 is 5.73 Å². The first-order valence-corrected chi connectivity index (χ1v) is 7.88. The molecular weight excluding hydrogens is 266 g/mol. The van der Waals surface area contributed by atoms with E-state index in [-0.39, 0.29) is 18.0 Å². The maximum absolute atomic E-state index is 6.09. The molecule has 6 heteroatoms. The third kappa shape index (κ3) is 3.81. The van der Waals surface area contributed by atoms with Gasteiger partial charge in [-0.3, -0.25) is 4.90 Å². The Bertz CT molecular complexity index is 437. The van der Waals surface area contributed by atoms with Gasteiger partial charge < -0.3 is 15.2 Å². The number of hydrogen-bond acceptors (Lipinski definition) is 6. The van der Waals surface area contributed by atoms with E-state index >= 15 is 0 Å². The Hall–Kier alpha value is -0.980. The second kappa shape index (κ2) is 6.85. The van der Waals surface area contributed by atoms with E-state index in [1.54, 1.807) is 0 Å². The average molecular weight is 295 g/mol. The summed E-state index contributed by atoms with van der Waals surface area (Å²) in [6.07, 6.45) is 1.17. The molecule has 1 aliphatic heterocycles. The van der Waals surface area contributed by atoms with Crippen LogP contribution in [-0.2, 0) is 0 Å². The van der Waals surface area contributed by atoms with Gasteiger partial charge in [-0.1, -0.05) is 19.0 Å². The third-order valence-electron chi connectivity index (χ3n) is 4.39. The predicted octanol–water partition coefficient (Wildman–Crippen LogP) is 1.46. The summed E-state index contributed by atoms with van der Waals surface area (Å²) >= 11 is 0. The van der Waals surface area contributed by atoms with Gasteiger partial charge in [0.15, 0.2) is 5.82 Å². The van der Waals surface area contributed by atoms with E-state index in [1.165, 1.54) is 6.42 Å². The minimum atomic E-state index is 0.00726. The summed E-state index contributed by atoms with van der Waals surface area (Å²) < 4.78 is 5.54. The van der Waals surface area contributed by atoms with Crippen LogP contribution in [0.1, 0.15) is 50.9 Å². The van der Waals surface area contributed by atoms with Crippen LogP contribution in [0.15, 0.2) is 4.52 Å². The normalized spacial score (nSPS) is 25.0. The lowest BCUT2D eigenvalue weighted by Gasteiger charge is -2.24. The number of rotatable bonds is 4. The van der Waals surface area contributed by atoms with Gasteiger partial charge in [0, 0.05) is 12.6 Å². The van der Waals surface area contributed by atoms with Crippen LogP contribution in [0.4, 0.5) is 0 Å². The van der Waals surface area contributed by atoms with E-state index in [4.69, 9.17) is 10.3 Å². The van der Waals surface area contributed by atoms with Crippen molar-refractivity contribution in [3.63, 3.8) is 0 Å². The van der Waals surface area contributed by atoms with Crippen molar-refractivity contribution in [2.75, 3.05) is 33.7 Å². The number of nitrogens with two attached hydrogens (primary N) is 1. The third-order valence-corrected chi connectivity index (χ3v) is 4.39. The van der Waals surface area contributed by atoms with Crippen LogP contribution in [0.3, 0.4) is 0 Å². The van der Waals surface area contributed by atoms with Crippen LogP contribution in [-0.4, -0.2) is 59.7 Å². The molecular formula is C15H29N5O. The molecule has 0 saturated carbocycles. The highest BCUT2D eigenvalue weighted by atomic mass is 16.5. The van der Waals surface area contributed by atoms with Crippen LogP contribution in [0.5, 0.6) is 0 Å². The van der Waals surface area contributed by atoms with E-state index in [0.29, 0.717) is 11.8 Å². The van der Waals surface area contributed by atoms with Crippen molar-refractivity contribution < 1.29 is 4.52 Å². The highest BCUT2D eigenvalue weighted by Crippen LogP contribution is 2.28. The van der Waals surface area contributed by atoms with E-state index in [2.05, 4.69) is 47.9 Å². The molecule has 0 spiro atoms. The molecule has 1 saturated heterocycles. The van der Waals surface area contributed by atoms with Crippen LogP contribution >= 0.6 is 0 Å². The first kappa shape index (κ1) is 16.4. The molecule has 1 fully saturated rings. The fraction of sp³-hybridized carbons (Fsp3) is 0.867. The molecule has 0 aromatic carbocycles. The van der Waals surface area contributed by atoms with Gasteiger partial charge in [0.2, 0.25) is 5.89 Å². The zero-order chi connectivity index (χ0) is 15.6. The first-order valence-electron chi connectivity index (χ1n) is 7.88. The first-order chi connectivity index (χ1) is 9.90. The molecule has 0 aliphatic carbocycles. The van der Waals surface area contributed by atoms with Gasteiger partial charge in [0.05, 0.1) is 12.0 Å². The van der Waals surface area contributed by atoms with Gasteiger partial charge in [-0.15, -0.1) is 0 Å². The zero-order valence-electron chi connectivity index (χ0n) is 13.9. The predicted molar refractivity (Wildman–Crippen MR) is 83.0 cm³/mol. The molecule has 2 rings (SSSR count). The summed E-state index contributed by atoms with van der Waals surface area (Å²) in [7, 11) is 4.28. The lowest BCUT2D eigenvalue weighted by Crippen LogP contribution is -2.32. The molecule has 3 atom stereocenters. The number of nitrogens with zero attached hydrogens (tertiary/aromatic N) is 4. The van der Waals surface area contributed by atoms with Gasteiger partial charge in [-0.2, -0.15) is 4.98 Å². The van der Waals surface area contributed by atoms with Gasteiger partial charge in [0.1, 0.15) is 0 Å². The Balaban J connectivity index is 2.21. The second-order valence-electron chi connectivity index (χ2n) is 6.73. The van der Waals surface area contributed by atoms with Crippen LogP contribution in [0, 0.1) is 5.92 Å². The van der Waals surface area contributed by atoms with Crippen LogP contribution in [0.25, 0.3) is 0 Å². The fourth-order valence-electron chi connectivity index (χ4n) is 3.19. The van der Waals surface area contributed by atoms with Crippen molar-refractivity contribution in [3.8, 4) is 0 Å². The molecule has 1 aromatic heterocycles. The minimum Gasteiger partial charge on any atom is -0.339 e. The highest BCUT2D eigenvalue weighted by Gasteiger charge is 2.30. The quantitative estimate of drug-likeness (QED) is 0.907. The lowest BCUT2D eigenvalue weighted by molar-refractivity contribution is 0.214. The fourth-order valence-corrected chi connectivity index (χ4v) is 3.19. The Morgan fingerprint density at radius 2 is 1.95 bits per heavy atom. The smallest absolute Gasteiger partial charge is 0.231 e. The standard InChI is InChI=1S/C15H29N5O/c1-10(2)13(11(3)16)15-17-14(18-21-15)12-9-19(4)7-6-8-20(12)5/h10-13H,6-9,16H2,1-5H3. The highest BCUT2D eigenvalue weighted by molar-refractivity contribution is 5.03. The van der Waals surface area contributed by atoms with Gasteiger partial charge in [-0.05, 0) is 46.4 Å². The molecule has 1 aliphatic rings. The van der Waals surface area contributed by atoms with Crippen molar-refractivity contribution in [2.45, 2.75) is 45.2 Å². The Kier molecular flexibility index (Phi) is 5.35. The summed E-state index contributed by atoms with van der Waals surface area (Å²) in [5.74, 6) is 1.95. The maximum Gasteiger partial charge on any atom is 0.231 e. The summed E-state index contributed by atoms with van der Waals surface area (Å²) in [6.45, 7) is 9.38. The van der Waals surface area contributed by atoms with E-state index in [0.717, 1.165) is 25.5 Å². The lowest BCUT2D eigenvalue weighted by atomic mass is 9.90. The van der Waals surface area contributed by atoms with Crippen molar-refractivity contribution in [1.29, 1.82) is 0 Å². The number of hydrogen-bond donors (Lipinski definition) is 1. The summed E-state index contributed by atoms with van der Waals surface area (Å²) in [5, 5.41) is 4.24. The summed E-state index contributed by atoms with van der Waals surface area (Å²) in [6, 6.07) is 0.198. The number of likely N-dealkylation sites (N-methyl/N-ethyl adjacent to an activating group) is 2. The molecule has 0 radical (unpaired) electrons. The number of aromatic nitrogens is 2. The Morgan fingerprint density at radius 1 is 1.24 bits per heavy atom. The van der Waals surface area contributed by atoms with Crippen molar-refractivity contribution >= 4 is 0 Å². The monoisotopic (exact) mass is 295 g/mol. The van der Waals surface area contributed by atoms with Crippen molar-refractivity contribution in [3.05, 3.63) is 11.7 Å². The Morgan fingerprint density at radius 3 is 2.57 bits per heavy atom. The topological polar surface area (TPSA) is 71.4 Å². The van der Waals surface area contributed by atoms with Crippen LogP contribution in [0.2, 0.25) is 0 Å². The Labute approximate surface area is 127 Å². The maximum atomic E-state index is 6.09. The molecule has 120 valence electrons. The minimum absolute atomic E-state index is 0.00726. The van der Waals surface area contributed by atoms with Gasteiger partial charge >= 0.3 is 0 Å². The van der Waals surface area contributed by atoms with Crippen molar-refractivity contribution in [2.24, 2.45) is 11.7 Å². The molecule has 1 aromatic rings. The summed E-state index contributed by atoms with van der Waals surface area (Å²) in [4.78, 5) is 9.32. The second-order valence-corrected chi connectivity index (χ2v) is 6.73. The average Bonchev–Trinajstić information content (AvgIpc) is 2.77. The van der Waals surface area contributed by atoms with Gasteiger partial charge in [-0.25, -0.2) is 0 Å².